The molecule has 1 saturated heterocycles. The van der Waals surface area contributed by atoms with Gasteiger partial charge >= 0.3 is 0 Å². The van der Waals surface area contributed by atoms with E-state index in [1.807, 2.05) is 0 Å². The molecule has 1 aliphatic carbocycles. The van der Waals surface area contributed by atoms with Crippen molar-refractivity contribution in [2.75, 3.05) is 39.3 Å². The molecule has 17 heavy (non-hydrogen) atoms. The van der Waals surface area contributed by atoms with Crippen LogP contribution >= 0.6 is 0 Å². The fourth-order valence-corrected chi connectivity index (χ4v) is 3.26. The number of nitrogens with zero attached hydrogens (tertiary/aromatic N) is 2. The molecule has 2 rings (SSSR count). The summed E-state index contributed by atoms with van der Waals surface area (Å²) >= 11 is 0. The Morgan fingerprint density at radius 1 is 0.941 bits per heavy atom. The Bertz CT molecular complexity index is 216. The van der Waals surface area contributed by atoms with Gasteiger partial charge in [0, 0.05) is 31.7 Å². The minimum absolute atomic E-state index is 0.181. The summed E-state index contributed by atoms with van der Waals surface area (Å²) in [6, 6.07) is 0. The third-order valence-corrected chi connectivity index (χ3v) is 4.53. The van der Waals surface area contributed by atoms with Crippen LogP contribution in [-0.2, 0) is 0 Å². The van der Waals surface area contributed by atoms with Gasteiger partial charge in [-0.3, -0.25) is 0 Å². The van der Waals surface area contributed by atoms with E-state index in [4.69, 9.17) is 5.73 Å². The van der Waals surface area contributed by atoms with Crippen LogP contribution < -0.4 is 5.73 Å². The molecule has 2 fully saturated rings. The smallest absolute Gasteiger partial charge is 0.0166 e. The van der Waals surface area contributed by atoms with Gasteiger partial charge in [-0.25, -0.2) is 0 Å². The molecule has 0 aromatic rings. The molecular formula is C14H29N3. The zero-order valence-corrected chi connectivity index (χ0v) is 11.5. The van der Waals surface area contributed by atoms with E-state index in [1.165, 1.54) is 77.8 Å². The van der Waals surface area contributed by atoms with Crippen molar-refractivity contribution < 1.29 is 0 Å². The molecule has 3 heteroatoms. The summed E-state index contributed by atoms with van der Waals surface area (Å²) in [5, 5.41) is 0. The lowest BCUT2D eigenvalue weighted by Crippen LogP contribution is -2.48. The van der Waals surface area contributed by atoms with Crippen molar-refractivity contribution in [2.24, 2.45) is 5.73 Å². The minimum atomic E-state index is 0.181. The molecule has 1 saturated carbocycles. The molecule has 0 aromatic heterocycles. The third-order valence-electron chi connectivity index (χ3n) is 4.53. The predicted octanol–water partition coefficient (Wildman–Crippen LogP) is 1.68. The second-order valence-corrected chi connectivity index (χ2v) is 6.00. The van der Waals surface area contributed by atoms with Crippen LogP contribution in [0, 0.1) is 0 Å². The molecule has 1 heterocycles. The van der Waals surface area contributed by atoms with Crippen LogP contribution in [0.3, 0.4) is 0 Å². The van der Waals surface area contributed by atoms with E-state index in [0.29, 0.717) is 0 Å². The fraction of sp³-hybridized carbons (Fsp3) is 1.00. The van der Waals surface area contributed by atoms with Crippen LogP contribution in [0.5, 0.6) is 0 Å². The standard InChI is InChI=1S/C14H29N3/c1-2-8-16-10-12-17(13-11-16)9-7-14(15)5-3-4-6-14/h2-13,15H2,1H3. The molecule has 3 nitrogen and oxygen atoms in total. The van der Waals surface area contributed by atoms with Crippen molar-refractivity contribution in [3.05, 3.63) is 0 Å². The van der Waals surface area contributed by atoms with Crippen LogP contribution in [0.1, 0.15) is 45.4 Å². The Hall–Kier alpha value is -0.120. The molecule has 0 atom stereocenters. The summed E-state index contributed by atoms with van der Waals surface area (Å²) in [7, 11) is 0. The second-order valence-electron chi connectivity index (χ2n) is 6.00. The highest BCUT2D eigenvalue weighted by atomic mass is 15.3. The van der Waals surface area contributed by atoms with Gasteiger partial charge in [0.2, 0.25) is 0 Å². The summed E-state index contributed by atoms with van der Waals surface area (Å²) in [5.74, 6) is 0. The van der Waals surface area contributed by atoms with Gasteiger partial charge in [-0.1, -0.05) is 19.8 Å². The lowest BCUT2D eigenvalue weighted by Gasteiger charge is -2.36. The van der Waals surface area contributed by atoms with Crippen LogP contribution in [0.4, 0.5) is 0 Å². The van der Waals surface area contributed by atoms with E-state index >= 15 is 0 Å². The summed E-state index contributed by atoms with van der Waals surface area (Å²) in [4.78, 5) is 5.20. The van der Waals surface area contributed by atoms with Gasteiger partial charge in [0.05, 0.1) is 0 Å². The van der Waals surface area contributed by atoms with Crippen LogP contribution in [-0.4, -0.2) is 54.6 Å². The fourth-order valence-electron chi connectivity index (χ4n) is 3.26. The first-order valence-corrected chi connectivity index (χ1v) is 7.45. The highest BCUT2D eigenvalue weighted by Gasteiger charge is 2.29. The maximum atomic E-state index is 6.41. The number of nitrogens with two attached hydrogens (primary N) is 1. The molecule has 2 N–H and O–H groups in total. The van der Waals surface area contributed by atoms with E-state index < -0.39 is 0 Å². The molecular weight excluding hydrogens is 210 g/mol. The molecule has 0 aromatic carbocycles. The van der Waals surface area contributed by atoms with E-state index in [9.17, 15) is 0 Å². The van der Waals surface area contributed by atoms with Gasteiger partial charge in [-0.05, 0) is 38.8 Å². The monoisotopic (exact) mass is 239 g/mol. The molecule has 100 valence electrons. The van der Waals surface area contributed by atoms with E-state index in [1.54, 1.807) is 0 Å². The molecule has 0 spiro atoms. The Balaban J connectivity index is 1.64. The van der Waals surface area contributed by atoms with Crippen LogP contribution in [0.15, 0.2) is 0 Å². The maximum Gasteiger partial charge on any atom is 0.0166 e. The van der Waals surface area contributed by atoms with Crippen molar-refractivity contribution in [3.63, 3.8) is 0 Å². The first-order chi connectivity index (χ1) is 8.22. The van der Waals surface area contributed by atoms with Gasteiger partial charge in [0.15, 0.2) is 0 Å². The zero-order valence-electron chi connectivity index (χ0n) is 11.5. The first kappa shape index (κ1) is 13.3. The highest BCUT2D eigenvalue weighted by Crippen LogP contribution is 2.30. The Morgan fingerprint density at radius 3 is 2.00 bits per heavy atom. The SMILES string of the molecule is CCCN1CCN(CCC2(N)CCCC2)CC1. The van der Waals surface area contributed by atoms with Crippen LogP contribution in [0.2, 0.25) is 0 Å². The Kier molecular flexibility index (Phi) is 4.83. The molecule has 0 unspecified atom stereocenters. The maximum absolute atomic E-state index is 6.41. The highest BCUT2D eigenvalue weighted by molar-refractivity contribution is 4.90. The van der Waals surface area contributed by atoms with Gasteiger partial charge in [0.1, 0.15) is 0 Å². The summed E-state index contributed by atoms with van der Waals surface area (Å²) in [6.07, 6.45) is 7.69. The molecule has 0 amide bonds. The van der Waals surface area contributed by atoms with Gasteiger partial charge < -0.3 is 15.5 Å². The van der Waals surface area contributed by atoms with Gasteiger partial charge in [0.25, 0.3) is 0 Å². The number of hydrogen-bond donors (Lipinski definition) is 1. The van der Waals surface area contributed by atoms with Crippen molar-refractivity contribution in [2.45, 2.75) is 51.0 Å². The lowest BCUT2D eigenvalue weighted by molar-refractivity contribution is 0.124. The summed E-state index contributed by atoms with van der Waals surface area (Å²) in [6.45, 7) is 9.76. The van der Waals surface area contributed by atoms with E-state index in [2.05, 4.69) is 16.7 Å². The van der Waals surface area contributed by atoms with E-state index in [-0.39, 0.29) is 5.54 Å². The third kappa shape index (κ3) is 3.94. The van der Waals surface area contributed by atoms with Crippen molar-refractivity contribution in [1.82, 2.24) is 9.80 Å². The summed E-state index contributed by atoms with van der Waals surface area (Å²) < 4.78 is 0. The average molecular weight is 239 g/mol. The lowest BCUT2D eigenvalue weighted by atomic mass is 9.94. The Morgan fingerprint density at radius 2 is 1.47 bits per heavy atom. The van der Waals surface area contributed by atoms with E-state index in [0.717, 1.165) is 0 Å². The molecule has 0 radical (unpaired) electrons. The number of piperazine rings is 1. The zero-order chi connectivity index (χ0) is 12.1. The van der Waals surface area contributed by atoms with Crippen molar-refractivity contribution in [3.8, 4) is 0 Å². The predicted molar refractivity (Wildman–Crippen MR) is 73.2 cm³/mol. The number of rotatable bonds is 5. The minimum Gasteiger partial charge on any atom is -0.325 e. The van der Waals surface area contributed by atoms with Gasteiger partial charge in [-0.2, -0.15) is 0 Å². The topological polar surface area (TPSA) is 32.5 Å². The van der Waals surface area contributed by atoms with Crippen molar-refractivity contribution in [1.29, 1.82) is 0 Å². The molecule has 2 aliphatic rings. The second kappa shape index (κ2) is 6.17. The van der Waals surface area contributed by atoms with Gasteiger partial charge in [-0.15, -0.1) is 0 Å². The average Bonchev–Trinajstić information content (AvgIpc) is 2.76. The summed E-state index contributed by atoms with van der Waals surface area (Å²) in [5.41, 5.74) is 6.60. The number of hydrogen-bond acceptors (Lipinski definition) is 3. The molecule has 1 aliphatic heterocycles. The first-order valence-electron chi connectivity index (χ1n) is 7.45. The molecule has 0 bridgehead atoms. The quantitative estimate of drug-likeness (QED) is 0.792. The van der Waals surface area contributed by atoms with Crippen molar-refractivity contribution >= 4 is 0 Å². The normalized spacial score (nSPS) is 26.5. The Labute approximate surface area is 106 Å². The van der Waals surface area contributed by atoms with Crippen LogP contribution in [0.25, 0.3) is 0 Å². The largest absolute Gasteiger partial charge is 0.325 e.